The van der Waals surface area contributed by atoms with Crippen LogP contribution in [0.4, 0.5) is 0 Å². The minimum Gasteiger partial charge on any atom is -0.432 e. The van der Waals surface area contributed by atoms with E-state index in [2.05, 4.69) is 13.5 Å². The second kappa shape index (κ2) is 7.56. The van der Waals surface area contributed by atoms with E-state index >= 15 is 0 Å². The van der Waals surface area contributed by atoms with Crippen LogP contribution >= 0.6 is 0 Å². The average Bonchev–Trinajstić information content (AvgIpc) is 2.16. The Morgan fingerprint density at radius 1 is 1.43 bits per heavy atom. The molecule has 0 bridgehead atoms. The maximum absolute atomic E-state index is 11.1. The van der Waals surface area contributed by atoms with Crippen LogP contribution in [0.15, 0.2) is 12.2 Å². The van der Waals surface area contributed by atoms with Gasteiger partial charge in [0, 0.05) is 12.0 Å². The van der Waals surface area contributed by atoms with E-state index in [-0.39, 0.29) is 5.97 Å². The zero-order chi connectivity index (χ0) is 11.0. The summed E-state index contributed by atoms with van der Waals surface area (Å²) < 4.78 is 10.4. The molecule has 0 radical (unpaired) electrons. The summed E-state index contributed by atoms with van der Waals surface area (Å²) in [6, 6.07) is 0. The highest BCUT2D eigenvalue weighted by Crippen LogP contribution is 2.05. The van der Waals surface area contributed by atoms with Crippen LogP contribution < -0.4 is 0 Å². The molecule has 0 fully saturated rings. The van der Waals surface area contributed by atoms with E-state index in [1.807, 2.05) is 6.92 Å². The molecule has 1 unspecified atom stereocenters. The van der Waals surface area contributed by atoms with Crippen molar-refractivity contribution in [1.29, 1.82) is 0 Å². The summed E-state index contributed by atoms with van der Waals surface area (Å²) in [5, 5.41) is 0. The molecule has 3 heteroatoms. The van der Waals surface area contributed by atoms with Crippen molar-refractivity contribution in [3.8, 4) is 0 Å². The normalized spacial score (nSPS) is 12.2. The van der Waals surface area contributed by atoms with Gasteiger partial charge in [0.15, 0.2) is 0 Å². The second-order valence-electron chi connectivity index (χ2n) is 3.25. The van der Waals surface area contributed by atoms with E-state index in [4.69, 9.17) is 9.47 Å². The van der Waals surface area contributed by atoms with Gasteiger partial charge in [-0.15, -0.1) is 0 Å². The number of rotatable bonds is 7. The molecule has 0 heterocycles. The highest BCUT2D eigenvalue weighted by molar-refractivity contribution is 5.86. The molecule has 0 saturated heterocycles. The predicted molar refractivity (Wildman–Crippen MR) is 55.8 cm³/mol. The molecule has 0 aromatic rings. The Bertz CT molecular complexity index is 187. The Kier molecular flexibility index (Phi) is 7.11. The molecule has 0 spiro atoms. The Morgan fingerprint density at radius 3 is 2.50 bits per heavy atom. The Balaban J connectivity index is 3.78. The Hall–Kier alpha value is -0.830. The lowest BCUT2D eigenvalue weighted by molar-refractivity contribution is -0.174. The number of carbonyl (C=O) groups is 1. The fourth-order valence-corrected chi connectivity index (χ4v) is 0.814. The van der Waals surface area contributed by atoms with Gasteiger partial charge in [-0.25, -0.2) is 4.79 Å². The van der Waals surface area contributed by atoms with Crippen LogP contribution in [-0.2, 0) is 14.3 Å². The summed E-state index contributed by atoms with van der Waals surface area (Å²) in [4.78, 5) is 11.1. The van der Waals surface area contributed by atoms with E-state index < -0.39 is 6.29 Å². The molecule has 14 heavy (non-hydrogen) atoms. The first-order valence-corrected chi connectivity index (χ1v) is 5.09. The molecule has 0 aromatic heterocycles. The van der Waals surface area contributed by atoms with E-state index in [0.29, 0.717) is 18.6 Å². The molecule has 0 rings (SSSR count). The SMILES string of the molecule is C=C(C)C(=O)OC(CC)OCCCC. The monoisotopic (exact) mass is 200 g/mol. The number of esters is 1. The largest absolute Gasteiger partial charge is 0.432 e. The molecule has 0 N–H and O–H groups in total. The third-order valence-electron chi connectivity index (χ3n) is 1.72. The number of unbranched alkanes of at least 4 members (excludes halogenated alkanes) is 1. The molecule has 3 nitrogen and oxygen atoms in total. The average molecular weight is 200 g/mol. The van der Waals surface area contributed by atoms with Crippen LogP contribution in [0.2, 0.25) is 0 Å². The van der Waals surface area contributed by atoms with Gasteiger partial charge in [0.1, 0.15) is 0 Å². The van der Waals surface area contributed by atoms with Crippen molar-refractivity contribution < 1.29 is 14.3 Å². The summed E-state index contributed by atoms with van der Waals surface area (Å²) in [6.07, 6.45) is 2.31. The van der Waals surface area contributed by atoms with Gasteiger partial charge in [-0.1, -0.05) is 26.8 Å². The summed E-state index contributed by atoms with van der Waals surface area (Å²) in [6.45, 7) is 9.78. The number of hydrogen-bond donors (Lipinski definition) is 0. The van der Waals surface area contributed by atoms with Crippen molar-refractivity contribution >= 4 is 5.97 Å². The molecule has 1 atom stereocenters. The van der Waals surface area contributed by atoms with E-state index in [0.717, 1.165) is 12.8 Å². The van der Waals surface area contributed by atoms with Crippen LogP contribution in [0, 0.1) is 0 Å². The predicted octanol–water partition coefficient (Wildman–Crippen LogP) is 2.66. The maximum Gasteiger partial charge on any atom is 0.335 e. The molecule has 82 valence electrons. The molecule has 0 aliphatic heterocycles. The van der Waals surface area contributed by atoms with E-state index in [9.17, 15) is 4.79 Å². The first-order valence-electron chi connectivity index (χ1n) is 5.09. The molecule has 0 aliphatic carbocycles. The van der Waals surface area contributed by atoms with E-state index in [1.54, 1.807) is 6.92 Å². The molecule has 0 aliphatic rings. The summed E-state index contributed by atoms with van der Waals surface area (Å²) >= 11 is 0. The van der Waals surface area contributed by atoms with Crippen molar-refractivity contribution in [2.45, 2.75) is 46.3 Å². The minimum absolute atomic E-state index is 0.381. The minimum atomic E-state index is -0.425. The Morgan fingerprint density at radius 2 is 2.07 bits per heavy atom. The fraction of sp³-hybridized carbons (Fsp3) is 0.727. The fourth-order valence-electron chi connectivity index (χ4n) is 0.814. The Labute approximate surface area is 86.1 Å². The van der Waals surface area contributed by atoms with Gasteiger partial charge in [0.2, 0.25) is 6.29 Å². The highest BCUT2D eigenvalue weighted by Gasteiger charge is 2.12. The number of hydrogen-bond acceptors (Lipinski definition) is 3. The van der Waals surface area contributed by atoms with Gasteiger partial charge in [-0.3, -0.25) is 0 Å². The van der Waals surface area contributed by atoms with Crippen LogP contribution in [0.5, 0.6) is 0 Å². The summed E-state index contributed by atoms with van der Waals surface area (Å²) in [5.74, 6) is -0.381. The third kappa shape index (κ3) is 5.75. The van der Waals surface area contributed by atoms with Crippen LogP contribution in [-0.4, -0.2) is 18.9 Å². The quantitative estimate of drug-likeness (QED) is 0.274. The van der Waals surface area contributed by atoms with Gasteiger partial charge in [0.25, 0.3) is 0 Å². The lowest BCUT2D eigenvalue weighted by atomic mass is 10.3. The van der Waals surface area contributed by atoms with Crippen molar-refractivity contribution in [3.63, 3.8) is 0 Å². The number of carbonyl (C=O) groups excluding carboxylic acids is 1. The van der Waals surface area contributed by atoms with Crippen LogP contribution in [0.25, 0.3) is 0 Å². The summed E-state index contributed by atoms with van der Waals surface area (Å²) in [7, 11) is 0. The topological polar surface area (TPSA) is 35.5 Å². The summed E-state index contributed by atoms with van der Waals surface area (Å²) in [5.41, 5.74) is 0.405. The molecule has 0 aromatic carbocycles. The van der Waals surface area contributed by atoms with E-state index in [1.165, 1.54) is 0 Å². The lowest BCUT2D eigenvalue weighted by Crippen LogP contribution is -2.21. The molecule has 0 amide bonds. The highest BCUT2D eigenvalue weighted by atomic mass is 16.7. The molecular formula is C11H20O3. The van der Waals surface area contributed by atoms with Gasteiger partial charge in [-0.2, -0.15) is 0 Å². The van der Waals surface area contributed by atoms with Gasteiger partial charge in [0.05, 0.1) is 6.61 Å². The smallest absolute Gasteiger partial charge is 0.335 e. The number of ether oxygens (including phenoxy) is 2. The van der Waals surface area contributed by atoms with Crippen molar-refractivity contribution in [2.24, 2.45) is 0 Å². The lowest BCUT2D eigenvalue weighted by Gasteiger charge is -2.16. The van der Waals surface area contributed by atoms with Crippen LogP contribution in [0.3, 0.4) is 0 Å². The molecule has 0 saturated carbocycles. The first kappa shape index (κ1) is 13.2. The van der Waals surface area contributed by atoms with Crippen LogP contribution in [0.1, 0.15) is 40.0 Å². The molecular weight excluding hydrogens is 180 g/mol. The van der Waals surface area contributed by atoms with Crippen molar-refractivity contribution in [3.05, 3.63) is 12.2 Å². The zero-order valence-electron chi connectivity index (χ0n) is 9.34. The standard InChI is InChI=1S/C11H20O3/c1-5-7-8-13-10(6-2)14-11(12)9(3)4/h10H,3,5-8H2,1-2,4H3. The van der Waals surface area contributed by atoms with Gasteiger partial charge in [-0.05, 0) is 13.3 Å². The zero-order valence-corrected chi connectivity index (χ0v) is 9.34. The van der Waals surface area contributed by atoms with Gasteiger partial charge < -0.3 is 9.47 Å². The van der Waals surface area contributed by atoms with Crippen molar-refractivity contribution in [2.75, 3.05) is 6.61 Å². The van der Waals surface area contributed by atoms with Crippen molar-refractivity contribution in [1.82, 2.24) is 0 Å². The van der Waals surface area contributed by atoms with Gasteiger partial charge >= 0.3 is 5.97 Å². The third-order valence-corrected chi connectivity index (χ3v) is 1.72. The first-order chi connectivity index (χ1) is 6.61. The second-order valence-corrected chi connectivity index (χ2v) is 3.25. The maximum atomic E-state index is 11.1.